The Morgan fingerprint density at radius 3 is 2.47 bits per heavy atom. The predicted octanol–water partition coefficient (Wildman–Crippen LogP) is 5.13. The van der Waals surface area contributed by atoms with E-state index in [-0.39, 0.29) is 5.91 Å². The molecule has 1 aliphatic carbocycles. The minimum absolute atomic E-state index is 0.363. The lowest BCUT2D eigenvalue weighted by atomic mass is 9.95. The van der Waals surface area contributed by atoms with E-state index in [9.17, 15) is 14.7 Å². The first-order chi connectivity index (χ1) is 17.5. The number of fused-ring (bicyclic) bond motifs is 1. The number of aliphatic carboxylic acids is 1. The summed E-state index contributed by atoms with van der Waals surface area (Å²) >= 11 is 0. The molecular formula is C29H36N4O3. The van der Waals surface area contributed by atoms with E-state index in [1.54, 1.807) is 23.0 Å². The van der Waals surface area contributed by atoms with Gasteiger partial charge in [0.15, 0.2) is 0 Å². The molecule has 2 aromatic heterocycles. The molecule has 1 atom stereocenters. The van der Waals surface area contributed by atoms with Crippen LogP contribution < -0.4 is 5.32 Å². The van der Waals surface area contributed by atoms with Gasteiger partial charge in [0.2, 0.25) is 0 Å². The summed E-state index contributed by atoms with van der Waals surface area (Å²) in [5.41, 5.74) is 6.28. The second kappa shape index (κ2) is 12.5. The lowest BCUT2D eigenvalue weighted by Gasteiger charge is -2.15. The van der Waals surface area contributed by atoms with Crippen LogP contribution in [0.25, 0.3) is 11.1 Å². The molecule has 0 radical (unpaired) electrons. The van der Waals surface area contributed by atoms with Crippen molar-refractivity contribution >= 4 is 11.9 Å². The van der Waals surface area contributed by atoms with Crippen molar-refractivity contribution in [3.05, 3.63) is 71.3 Å². The van der Waals surface area contributed by atoms with Crippen molar-refractivity contribution in [2.45, 2.75) is 76.7 Å². The van der Waals surface area contributed by atoms with Crippen LogP contribution in [0.2, 0.25) is 0 Å². The number of carbonyl (C=O) groups excluding carboxylic acids is 1. The Bertz CT molecular complexity index is 1170. The van der Waals surface area contributed by atoms with Gasteiger partial charge in [-0.3, -0.25) is 14.5 Å². The number of benzene rings is 1. The molecule has 2 N–H and O–H groups in total. The first kappa shape index (κ1) is 25.6. The molecule has 0 unspecified atom stereocenters. The fraction of sp³-hybridized carbons (Fsp3) is 0.448. The number of nitrogens with zero attached hydrogens (tertiary/aromatic N) is 3. The quantitative estimate of drug-likeness (QED) is 0.345. The Balaban J connectivity index is 1.15. The van der Waals surface area contributed by atoms with Gasteiger partial charge in [0.25, 0.3) is 5.91 Å². The molecule has 7 nitrogen and oxygen atoms in total. The summed E-state index contributed by atoms with van der Waals surface area (Å²) in [4.78, 5) is 29.2. The van der Waals surface area contributed by atoms with Crippen molar-refractivity contribution in [3.8, 4) is 11.1 Å². The average molecular weight is 489 g/mol. The van der Waals surface area contributed by atoms with Crippen molar-refractivity contribution < 1.29 is 14.7 Å². The van der Waals surface area contributed by atoms with Crippen molar-refractivity contribution in [2.75, 3.05) is 0 Å². The summed E-state index contributed by atoms with van der Waals surface area (Å²) in [5, 5.41) is 16.4. The van der Waals surface area contributed by atoms with Crippen LogP contribution in [-0.2, 0) is 31.1 Å². The van der Waals surface area contributed by atoms with E-state index in [0.29, 0.717) is 12.0 Å². The highest BCUT2D eigenvalue weighted by Gasteiger charge is 2.20. The number of unbranched alkanes of at least 4 members (excludes halogenated alkanes) is 4. The van der Waals surface area contributed by atoms with Crippen molar-refractivity contribution in [3.63, 3.8) is 0 Å². The summed E-state index contributed by atoms with van der Waals surface area (Å²) in [6.07, 6.45) is 14.9. The maximum absolute atomic E-state index is 12.6. The molecule has 3 aromatic rings. The Hall–Kier alpha value is -3.48. The number of aromatic nitrogens is 3. The third kappa shape index (κ3) is 7.03. The number of pyridine rings is 1. The summed E-state index contributed by atoms with van der Waals surface area (Å²) in [6, 6.07) is 10.7. The van der Waals surface area contributed by atoms with Gasteiger partial charge in [-0.15, -0.1) is 0 Å². The van der Waals surface area contributed by atoms with Crippen LogP contribution in [0.3, 0.4) is 0 Å². The van der Waals surface area contributed by atoms with Gasteiger partial charge < -0.3 is 10.4 Å². The smallest absolute Gasteiger partial charge is 0.326 e. The van der Waals surface area contributed by atoms with E-state index in [2.05, 4.69) is 22.5 Å². The van der Waals surface area contributed by atoms with E-state index >= 15 is 0 Å². The fourth-order valence-electron chi connectivity index (χ4n) is 4.83. The van der Waals surface area contributed by atoms with Gasteiger partial charge in [-0.25, -0.2) is 4.79 Å². The molecule has 2 heterocycles. The Kier molecular flexibility index (Phi) is 8.87. The first-order valence-electron chi connectivity index (χ1n) is 13.1. The van der Waals surface area contributed by atoms with Gasteiger partial charge in [-0.2, -0.15) is 5.10 Å². The maximum Gasteiger partial charge on any atom is 0.326 e. The monoisotopic (exact) mass is 488 g/mol. The van der Waals surface area contributed by atoms with Gasteiger partial charge in [0.05, 0.1) is 6.20 Å². The molecule has 0 spiro atoms. The van der Waals surface area contributed by atoms with Crippen LogP contribution in [0, 0.1) is 0 Å². The third-order valence-electron chi connectivity index (χ3n) is 6.95. The van der Waals surface area contributed by atoms with Crippen LogP contribution in [-0.4, -0.2) is 37.8 Å². The van der Waals surface area contributed by atoms with Crippen LogP contribution in [0.15, 0.2) is 48.8 Å². The standard InChI is InChI=1S/C29H36N4O3/c1-33-20-24(19-30-33)21-13-15-23(16-14-21)28(34)32-27(29(35)36)12-6-4-2-3-5-10-25-18-17-22-9-7-8-11-26(22)31-25/h13-20,27H,2-12H2,1H3,(H,32,34)(H,35,36)/t27-/m0/s1. The number of rotatable bonds is 12. The van der Waals surface area contributed by atoms with Crippen LogP contribution >= 0.6 is 0 Å². The van der Waals surface area contributed by atoms with Gasteiger partial charge >= 0.3 is 5.97 Å². The third-order valence-corrected chi connectivity index (χ3v) is 6.95. The zero-order valence-electron chi connectivity index (χ0n) is 21.1. The van der Waals surface area contributed by atoms with E-state index < -0.39 is 12.0 Å². The molecule has 0 saturated heterocycles. The highest BCUT2D eigenvalue weighted by atomic mass is 16.4. The second-order valence-corrected chi connectivity index (χ2v) is 9.77. The SMILES string of the molecule is Cn1cc(-c2ccc(C(=O)N[C@@H](CCCCCCCc3ccc4c(n3)CCCC4)C(=O)O)cc2)cn1. The number of carbonyl (C=O) groups is 2. The van der Waals surface area contributed by atoms with Crippen molar-refractivity contribution in [1.82, 2.24) is 20.1 Å². The first-order valence-corrected chi connectivity index (χ1v) is 13.1. The maximum atomic E-state index is 12.6. The highest BCUT2D eigenvalue weighted by Crippen LogP contribution is 2.21. The summed E-state index contributed by atoms with van der Waals surface area (Å²) in [7, 11) is 1.85. The normalized spacial score (nSPS) is 13.7. The molecule has 4 rings (SSSR count). The Morgan fingerprint density at radius 1 is 0.972 bits per heavy atom. The number of carboxylic acids is 1. The van der Waals surface area contributed by atoms with Crippen LogP contribution in [0.4, 0.5) is 0 Å². The molecule has 0 aliphatic heterocycles. The minimum Gasteiger partial charge on any atom is -0.480 e. The summed E-state index contributed by atoms with van der Waals surface area (Å²) in [6.45, 7) is 0. The number of hydrogen-bond acceptors (Lipinski definition) is 4. The van der Waals surface area contributed by atoms with Gasteiger partial charge in [-0.1, -0.05) is 43.9 Å². The van der Waals surface area contributed by atoms with E-state index in [0.717, 1.165) is 56.1 Å². The summed E-state index contributed by atoms with van der Waals surface area (Å²) in [5.74, 6) is -1.36. The molecule has 190 valence electrons. The van der Waals surface area contributed by atoms with Gasteiger partial charge in [-0.05, 0) is 74.3 Å². The van der Waals surface area contributed by atoms with Crippen molar-refractivity contribution in [1.29, 1.82) is 0 Å². The molecular weight excluding hydrogens is 452 g/mol. The number of hydrogen-bond donors (Lipinski definition) is 2. The minimum atomic E-state index is -0.992. The summed E-state index contributed by atoms with van der Waals surface area (Å²) < 4.78 is 1.72. The van der Waals surface area contributed by atoms with Gasteiger partial charge in [0, 0.05) is 35.8 Å². The molecule has 1 amide bonds. The second-order valence-electron chi connectivity index (χ2n) is 9.77. The fourth-order valence-corrected chi connectivity index (χ4v) is 4.83. The zero-order chi connectivity index (χ0) is 25.3. The molecule has 0 saturated carbocycles. The molecule has 1 aromatic carbocycles. The van der Waals surface area contributed by atoms with Crippen LogP contribution in [0.5, 0.6) is 0 Å². The Labute approximate surface area is 213 Å². The van der Waals surface area contributed by atoms with E-state index in [1.165, 1.54) is 36.2 Å². The molecule has 1 aliphatic rings. The largest absolute Gasteiger partial charge is 0.480 e. The topological polar surface area (TPSA) is 97.1 Å². The number of aryl methyl sites for hydroxylation is 4. The van der Waals surface area contributed by atoms with Crippen LogP contribution in [0.1, 0.15) is 78.7 Å². The van der Waals surface area contributed by atoms with Crippen molar-refractivity contribution in [2.24, 2.45) is 7.05 Å². The molecule has 0 bridgehead atoms. The van der Waals surface area contributed by atoms with Gasteiger partial charge in [0.1, 0.15) is 6.04 Å². The Morgan fingerprint density at radius 2 is 1.72 bits per heavy atom. The lowest BCUT2D eigenvalue weighted by molar-refractivity contribution is -0.139. The van der Waals surface area contributed by atoms with E-state index in [4.69, 9.17) is 4.98 Å². The molecule has 36 heavy (non-hydrogen) atoms. The highest BCUT2D eigenvalue weighted by molar-refractivity contribution is 5.97. The molecule has 0 fully saturated rings. The number of amides is 1. The number of nitrogens with one attached hydrogen (secondary N) is 1. The zero-order valence-corrected chi connectivity index (χ0v) is 21.1. The predicted molar refractivity (Wildman–Crippen MR) is 140 cm³/mol. The molecule has 7 heteroatoms. The van der Waals surface area contributed by atoms with E-state index in [1.807, 2.05) is 25.4 Å². The lowest BCUT2D eigenvalue weighted by Crippen LogP contribution is -2.40. The number of carboxylic acid groups (broad SMARTS) is 1. The average Bonchev–Trinajstić information content (AvgIpc) is 3.33.